The molecule has 0 aliphatic carbocycles. The Bertz CT molecular complexity index is 988. The summed E-state index contributed by atoms with van der Waals surface area (Å²) in [5.41, 5.74) is 5.85. The molecule has 0 atom stereocenters. The van der Waals surface area contributed by atoms with Crippen LogP contribution in [0.25, 0.3) is 10.9 Å². The van der Waals surface area contributed by atoms with E-state index in [9.17, 15) is 9.59 Å². The van der Waals surface area contributed by atoms with Gasteiger partial charge in [-0.3, -0.25) is 9.59 Å². The lowest BCUT2D eigenvalue weighted by molar-refractivity contribution is -0.117. The third-order valence-electron chi connectivity index (χ3n) is 4.63. The lowest BCUT2D eigenvalue weighted by Crippen LogP contribution is -2.19. The quantitative estimate of drug-likeness (QED) is 0.686. The van der Waals surface area contributed by atoms with Crippen molar-refractivity contribution in [3.63, 3.8) is 0 Å². The number of hydrogen-bond donors (Lipinski definition) is 3. The maximum atomic E-state index is 12.5. The second-order valence-electron chi connectivity index (χ2n) is 6.46. The van der Waals surface area contributed by atoms with Gasteiger partial charge in [0.2, 0.25) is 11.8 Å². The van der Waals surface area contributed by atoms with Gasteiger partial charge in [0, 0.05) is 34.9 Å². The van der Waals surface area contributed by atoms with E-state index in [1.807, 2.05) is 36.5 Å². The van der Waals surface area contributed by atoms with Crippen LogP contribution in [0, 0.1) is 6.92 Å². The molecule has 5 heteroatoms. The molecule has 1 aromatic heterocycles. The molecule has 0 fully saturated rings. The van der Waals surface area contributed by atoms with E-state index in [-0.39, 0.29) is 11.8 Å². The van der Waals surface area contributed by atoms with E-state index >= 15 is 0 Å². The number of amides is 2. The summed E-state index contributed by atoms with van der Waals surface area (Å²) >= 11 is 0. The zero-order valence-electron chi connectivity index (χ0n) is 14.0. The number of rotatable bonds is 3. The Labute approximate surface area is 145 Å². The molecule has 2 amide bonds. The summed E-state index contributed by atoms with van der Waals surface area (Å²) in [4.78, 5) is 27.1. The average molecular weight is 333 g/mol. The predicted molar refractivity (Wildman–Crippen MR) is 98.8 cm³/mol. The number of carbonyl (C=O) groups excluding carboxylic acids is 2. The summed E-state index contributed by atoms with van der Waals surface area (Å²) in [6.45, 7) is 2.05. The summed E-state index contributed by atoms with van der Waals surface area (Å²) < 4.78 is 0. The van der Waals surface area contributed by atoms with Crippen molar-refractivity contribution in [2.45, 2.75) is 26.2 Å². The lowest BCUT2D eigenvalue weighted by Gasteiger charge is -2.17. The number of H-pyrrole nitrogens is 1. The van der Waals surface area contributed by atoms with Gasteiger partial charge in [-0.15, -0.1) is 0 Å². The third kappa shape index (κ3) is 3.01. The average Bonchev–Trinajstić information content (AvgIpc) is 2.99. The smallest absolute Gasteiger partial charge is 0.228 e. The highest BCUT2D eigenvalue weighted by atomic mass is 16.2. The van der Waals surface area contributed by atoms with Gasteiger partial charge in [-0.1, -0.05) is 12.1 Å². The highest BCUT2D eigenvalue weighted by Gasteiger charge is 2.16. The van der Waals surface area contributed by atoms with E-state index < -0.39 is 0 Å². The number of fused-ring (bicyclic) bond motifs is 2. The van der Waals surface area contributed by atoms with Crippen molar-refractivity contribution in [1.82, 2.24) is 4.98 Å². The van der Waals surface area contributed by atoms with E-state index in [0.717, 1.165) is 39.0 Å². The summed E-state index contributed by atoms with van der Waals surface area (Å²) in [6, 6.07) is 11.7. The Balaban J connectivity index is 1.51. The van der Waals surface area contributed by atoms with Crippen LogP contribution in [0.2, 0.25) is 0 Å². The zero-order chi connectivity index (χ0) is 17.4. The van der Waals surface area contributed by atoms with Gasteiger partial charge in [0.1, 0.15) is 0 Å². The molecule has 3 aromatic rings. The fourth-order valence-corrected chi connectivity index (χ4v) is 3.43. The predicted octanol–water partition coefficient (Wildman–Crippen LogP) is 3.54. The van der Waals surface area contributed by atoms with E-state index in [4.69, 9.17) is 0 Å². The van der Waals surface area contributed by atoms with Gasteiger partial charge in [-0.05, 0) is 54.3 Å². The van der Waals surface area contributed by atoms with Gasteiger partial charge in [-0.2, -0.15) is 0 Å². The summed E-state index contributed by atoms with van der Waals surface area (Å²) in [7, 11) is 0. The van der Waals surface area contributed by atoms with Crippen LogP contribution in [-0.4, -0.2) is 16.8 Å². The van der Waals surface area contributed by atoms with Gasteiger partial charge >= 0.3 is 0 Å². The molecular formula is C20H19N3O2. The second kappa shape index (κ2) is 6.09. The van der Waals surface area contributed by atoms with Crippen LogP contribution >= 0.6 is 0 Å². The standard InChI is InChI=1S/C20H19N3O2/c1-12-3-2-4-17-20(12)14(11-21-17)10-19(25)22-15-6-7-16-13(9-15)5-8-18(24)23-16/h2-4,6-7,9,11,21H,5,8,10H2,1H3,(H,22,25)(H,23,24). The van der Waals surface area contributed by atoms with Gasteiger partial charge < -0.3 is 15.6 Å². The van der Waals surface area contributed by atoms with Crippen LogP contribution in [0.3, 0.4) is 0 Å². The van der Waals surface area contributed by atoms with Crippen LogP contribution in [0.1, 0.15) is 23.1 Å². The number of aromatic nitrogens is 1. The summed E-state index contributed by atoms with van der Waals surface area (Å²) in [5.74, 6) is -0.0112. The van der Waals surface area contributed by atoms with Crippen molar-refractivity contribution in [3.8, 4) is 0 Å². The first-order valence-electron chi connectivity index (χ1n) is 8.38. The first kappa shape index (κ1) is 15.4. The minimum atomic E-state index is -0.0519. The molecule has 2 aromatic carbocycles. The summed E-state index contributed by atoms with van der Waals surface area (Å²) in [5, 5.41) is 6.92. The monoisotopic (exact) mass is 333 g/mol. The molecule has 126 valence electrons. The first-order chi connectivity index (χ1) is 12.1. The van der Waals surface area contributed by atoms with Crippen molar-refractivity contribution < 1.29 is 9.59 Å². The molecule has 1 aliphatic heterocycles. The Morgan fingerprint density at radius 2 is 2.08 bits per heavy atom. The molecule has 0 saturated carbocycles. The van der Waals surface area contributed by atoms with Crippen molar-refractivity contribution >= 4 is 34.1 Å². The Morgan fingerprint density at radius 3 is 2.96 bits per heavy atom. The minimum absolute atomic E-state index is 0.0407. The van der Waals surface area contributed by atoms with E-state index in [1.165, 1.54) is 0 Å². The fourth-order valence-electron chi connectivity index (χ4n) is 3.43. The summed E-state index contributed by atoms with van der Waals surface area (Å²) in [6.07, 6.45) is 3.41. The van der Waals surface area contributed by atoms with Crippen molar-refractivity contribution in [2.75, 3.05) is 10.6 Å². The number of hydrogen-bond acceptors (Lipinski definition) is 2. The van der Waals surface area contributed by atoms with Crippen LogP contribution in [-0.2, 0) is 22.4 Å². The molecule has 5 nitrogen and oxygen atoms in total. The molecule has 25 heavy (non-hydrogen) atoms. The van der Waals surface area contributed by atoms with Gasteiger partial charge in [0.15, 0.2) is 0 Å². The van der Waals surface area contributed by atoms with Crippen LogP contribution in [0.4, 0.5) is 11.4 Å². The molecule has 1 aliphatic rings. The van der Waals surface area contributed by atoms with Crippen LogP contribution in [0.5, 0.6) is 0 Å². The maximum absolute atomic E-state index is 12.5. The normalized spacial score (nSPS) is 13.4. The number of anilines is 2. The molecular weight excluding hydrogens is 314 g/mol. The number of nitrogens with one attached hydrogen (secondary N) is 3. The molecule has 0 spiro atoms. The van der Waals surface area contributed by atoms with E-state index in [1.54, 1.807) is 0 Å². The molecule has 4 rings (SSSR count). The molecule has 3 N–H and O–H groups in total. The van der Waals surface area contributed by atoms with E-state index in [2.05, 4.69) is 28.6 Å². The van der Waals surface area contributed by atoms with Crippen molar-refractivity contribution in [2.24, 2.45) is 0 Å². The minimum Gasteiger partial charge on any atom is -0.361 e. The zero-order valence-corrected chi connectivity index (χ0v) is 14.0. The Kier molecular flexibility index (Phi) is 3.76. The Morgan fingerprint density at radius 1 is 1.20 bits per heavy atom. The molecule has 0 unspecified atom stereocenters. The molecule has 0 saturated heterocycles. The molecule has 0 radical (unpaired) electrons. The molecule has 2 heterocycles. The van der Waals surface area contributed by atoms with Gasteiger partial charge in [0.25, 0.3) is 0 Å². The van der Waals surface area contributed by atoms with E-state index in [0.29, 0.717) is 19.3 Å². The third-order valence-corrected chi connectivity index (χ3v) is 4.63. The van der Waals surface area contributed by atoms with Crippen molar-refractivity contribution in [3.05, 3.63) is 59.3 Å². The lowest BCUT2D eigenvalue weighted by atomic mass is 10.0. The largest absolute Gasteiger partial charge is 0.361 e. The first-order valence-corrected chi connectivity index (χ1v) is 8.38. The number of aromatic amines is 1. The Hall–Kier alpha value is -3.08. The maximum Gasteiger partial charge on any atom is 0.228 e. The van der Waals surface area contributed by atoms with Crippen LogP contribution in [0.15, 0.2) is 42.6 Å². The van der Waals surface area contributed by atoms with Gasteiger partial charge in [-0.25, -0.2) is 0 Å². The topological polar surface area (TPSA) is 74.0 Å². The SMILES string of the molecule is Cc1cccc2[nH]cc(CC(=O)Nc3ccc4c(c3)CCC(=O)N4)c12. The highest BCUT2D eigenvalue weighted by molar-refractivity contribution is 5.98. The number of benzene rings is 2. The highest BCUT2D eigenvalue weighted by Crippen LogP contribution is 2.26. The number of aryl methyl sites for hydroxylation is 2. The second-order valence-corrected chi connectivity index (χ2v) is 6.46. The number of carbonyl (C=O) groups is 2. The molecule has 0 bridgehead atoms. The van der Waals surface area contributed by atoms with Crippen molar-refractivity contribution in [1.29, 1.82) is 0 Å². The van der Waals surface area contributed by atoms with Crippen LogP contribution < -0.4 is 10.6 Å². The fraction of sp³-hybridized carbons (Fsp3) is 0.200. The van der Waals surface area contributed by atoms with Gasteiger partial charge in [0.05, 0.1) is 6.42 Å².